The van der Waals surface area contributed by atoms with E-state index in [0.29, 0.717) is 5.75 Å². The lowest BCUT2D eigenvalue weighted by Gasteiger charge is -2.06. The predicted molar refractivity (Wildman–Crippen MR) is 89.8 cm³/mol. The number of carbonyl (C=O) groups excluding carboxylic acids is 1. The number of phenols is 1. The average Bonchev–Trinajstić information content (AvgIpc) is 2.56. The van der Waals surface area contributed by atoms with Crippen LogP contribution in [0.5, 0.6) is 11.5 Å². The van der Waals surface area contributed by atoms with Crippen molar-refractivity contribution in [1.29, 1.82) is 0 Å². The van der Waals surface area contributed by atoms with Crippen molar-refractivity contribution in [2.45, 2.75) is 19.8 Å². The Morgan fingerprint density at radius 3 is 2.52 bits per heavy atom. The van der Waals surface area contributed by atoms with Crippen molar-refractivity contribution in [3.05, 3.63) is 59.7 Å². The summed E-state index contributed by atoms with van der Waals surface area (Å²) >= 11 is 0. The van der Waals surface area contributed by atoms with E-state index in [2.05, 4.69) is 17.5 Å². The number of phenolic OH excluding ortho intramolecular Hbond substituents is 1. The largest absolute Gasteiger partial charge is 0.508 e. The lowest BCUT2D eigenvalue weighted by Crippen LogP contribution is -2.24. The molecule has 5 nitrogen and oxygen atoms in total. The number of nitrogens with one attached hydrogen (secondary N) is 1. The minimum atomic E-state index is -0.335. The van der Waals surface area contributed by atoms with Gasteiger partial charge in [-0.2, -0.15) is 5.10 Å². The Kier molecular flexibility index (Phi) is 6.17. The summed E-state index contributed by atoms with van der Waals surface area (Å²) in [5.74, 6) is 0.504. The first-order chi connectivity index (χ1) is 11.2. The fourth-order valence-corrected chi connectivity index (χ4v) is 1.96. The van der Waals surface area contributed by atoms with Gasteiger partial charge in [-0.25, -0.2) is 5.43 Å². The van der Waals surface area contributed by atoms with E-state index in [1.54, 1.807) is 24.3 Å². The van der Waals surface area contributed by atoms with Crippen LogP contribution in [-0.2, 0) is 11.2 Å². The van der Waals surface area contributed by atoms with Crippen molar-refractivity contribution in [2.75, 3.05) is 6.61 Å². The first kappa shape index (κ1) is 16.5. The topological polar surface area (TPSA) is 70.9 Å². The van der Waals surface area contributed by atoms with E-state index in [-0.39, 0.29) is 18.3 Å². The Morgan fingerprint density at radius 2 is 1.87 bits per heavy atom. The smallest absolute Gasteiger partial charge is 0.277 e. The van der Waals surface area contributed by atoms with Gasteiger partial charge in [-0.3, -0.25) is 4.79 Å². The zero-order valence-corrected chi connectivity index (χ0v) is 13.0. The van der Waals surface area contributed by atoms with Gasteiger partial charge in [0.05, 0.1) is 6.21 Å². The fraction of sp³-hybridized carbons (Fsp3) is 0.222. The second-order valence-corrected chi connectivity index (χ2v) is 5.07. The summed E-state index contributed by atoms with van der Waals surface area (Å²) < 4.78 is 5.40. The van der Waals surface area contributed by atoms with Gasteiger partial charge in [0.1, 0.15) is 11.5 Å². The zero-order chi connectivity index (χ0) is 16.5. The summed E-state index contributed by atoms with van der Waals surface area (Å²) in [6.07, 6.45) is 3.63. The number of hydrogen-bond donors (Lipinski definition) is 2. The van der Waals surface area contributed by atoms with Crippen LogP contribution in [0.2, 0.25) is 0 Å². The molecule has 23 heavy (non-hydrogen) atoms. The van der Waals surface area contributed by atoms with Gasteiger partial charge in [0.15, 0.2) is 6.61 Å². The van der Waals surface area contributed by atoms with Gasteiger partial charge in [0.25, 0.3) is 5.91 Å². The highest BCUT2D eigenvalue weighted by atomic mass is 16.5. The molecule has 2 aromatic rings. The molecule has 0 spiro atoms. The van der Waals surface area contributed by atoms with Crippen LogP contribution in [-0.4, -0.2) is 23.8 Å². The fourth-order valence-electron chi connectivity index (χ4n) is 1.96. The van der Waals surface area contributed by atoms with Crippen LogP contribution >= 0.6 is 0 Å². The van der Waals surface area contributed by atoms with E-state index < -0.39 is 0 Å². The molecular weight excluding hydrogens is 292 g/mol. The lowest BCUT2D eigenvalue weighted by molar-refractivity contribution is -0.123. The zero-order valence-electron chi connectivity index (χ0n) is 13.0. The maximum Gasteiger partial charge on any atom is 0.277 e. The number of rotatable bonds is 7. The number of hydrogen-bond acceptors (Lipinski definition) is 4. The van der Waals surface area contributed by atoms with Crippen molar-refractivity contribution in [3.63, 3.8) is 0 Å². The van der Waals surface area contributed by atoms with Crippen LogP contribution in [0.4, 0.5) is 0 Å². The van der Waals surface area contributed by atoms with Crippen LogP contribution in [0.1, 0.15) is 24.5 Å². The minimum absolute atomic E-state index is 0.0972. The van der Waals surface area contributed by atoms with E-state index in [9.17, 15) is 4.79 Å². The highest BCUT2D eigenvalue weighted by Gasteiger charge is 2.01. The van der Waals surface area contributed by atoms with Crippen molar-refractivity contribution in [1.82, 2.24) is 5.43 Å². The minimum Gasteiger partial charge on any atom is -0.508 e. The summed E-state index contributed by atoms with van der Waals surface area (Å²) in [6.45, 7) is 2.04. The molecule has 0 heterocycles. The molecule has 5 heteroatoms. The lowest BCUT2D eigenvalue weighted by atomic mass is 10.1. The van der Waals surface area contributed by atoms with Crippen LogP contribution < -0.4 is 10.2 Å². The molecule has 2 N–H and O–H groups in total. The third kappa shape index (κ3) is 5.82. The number of ether oxygens (including phenoxy) is 1. The third-order valence-corrected chi connectivity index (χ3v) is 3.13. The normalized spacial score (nSPS) is 10.7. The number of hydrazone groups is 1. The van der Waals surface area contributed by atoms with E-state index in [1.165, 1.54) is 11.8 Å². The highest BCUT2D eigenvalue weighted by molar-refractivity contribution is 5.83. The van der Waals surface area contributed by atoms with Crippen molar-refractivity contribution in [3.8, 4) is 11.5 Å². The highest BCUT2D eigenvalue weighted by Crippen LogP contribution is 2.13. The Labute approximate surface area is 135 Å². The molecule has 0 aromatic heterocycles. The first-order valence-electron chi connectivity index (χ1n) is 7.50. The van der Waals surface area contributed by atoms with Crippen LogP contribution in [0.3, 0.4) is 0 Å². The standard InChI is InChI=1S/C18H20N2O3/c1-2-3-14-6-10-17(11-7-14)23-13-18(22)20-19-12-15-4-8-16(21)9-5-15/h4-12,21H,2-3,13H2,1H3,(H,20,22). The van der Waals surface area contributed by atoms with Crippen molar-refractivity contribution >= 4 is 12.1 Å². The van der Waals surface area contributed by atoms with Gasteiger partial charge in [0, 0.05) is 0 Å². The van der Waals surface area contributed by atoms with Gasteiger partial charge in [-0.05, 0) is 53.9 Å². The van der Waals surface area contributed by atoms with Crippen molar-refractivity contribution < 1.29 is 14.6 Å². The molecule has 0 saturated carbocycles. The summed E-state index contributed by atoms with van der Waals surface area (Å²) in [5, 5.41) is 13.0. The first-order valence-corrected chi connectivity index (χ1v) is 7.50. The summed E-state index contributed by atoms with van der Waals surface area (Å²) in [5.41, 5.74) is 4.42. The van der Waals surface area contributed by atoms with E-state index >= 15 is 0 Å². The molecule has 0 radical (unpaired) electrons. The number of benzene rings is 2. The van der Waals surface area contributed by atoms with Crippen LogP contribution in [0, 0.1) is 0 Å². The molecular formula is C18H20N2O3. The summed E-state index contributed by atoms with van der Waals surface area (Å²) in [4.78, 5) is 11.6. The molecule has 0 aliphatic rings. The van der Waals surface area contributed by atoms with Crippen molar-refractivity contribution in [2.24, 2.45) is 5.10 Å². The predicted octanol–water partition coefficient (Wildman–Crippen LogP) is 2.87. The molecule has 0 aliphatic carbocycles. The molecule has 2 aromatic carbocycles. The van der Waals surface area contributed by atoms with Gasteiger partial charge >= 0.3 is 0 Å². The number of carbonyl (C=O) groups is 1. The maximum atomic E-state index is 11.6. The molecule has 1 amide bonds. The van der Waals surface area contributed by atoms with Gasteiger partial charge < -0.3 is 9.84 Å². The molecule has 120 valence electrons. The molecule has 0 aliphatic heterocycles. The van der Waals surface area contributed by atoms with Gasteiger partial charge in [-0.1, -0.05) is 25.5 Å². The Morgan fingerprint density at radius 1 is 1.17 bits per heavy atom. The SMILES string of the molecule is CCCc1ccc(OCC(=O)NN=Cc2ccc(O)cc2)cc1. The Bertz CT molecular complexity index is 649. The molecule has 0 atom stereocenters. The molecule has 0 unspecified atom stereocenters. The number of aromatic hydroxyl groups is 1. The monoisotopic (exact) mass is 312 g/mol. The average molecular weight is 312 g/mol. The van der Waals surface area contributed by atoms with Gasteiger partial charge in [-0.15, -0.1) is 0 Å². The molecule has 2 rings (SSSR count). The summed E-state index contributed by atoms with van der Waals surface area (Å²) in [6, 6.07) is 14.2. The third-order valence-electron chi connectivity index (χ3n) is 3.13. The molecule has 0 saturated heterocycles. The van der Waals surface area contributed by atoms with E-state index in [0.717, 1.165) is 18.4 Å². The molecule has 0 fully saturated rings. The number of amides is 1. The Hall–Kier alpha value is -2.82. The second-order valence-electron chi connectivity index (χ2n) is 5.07. The summed E-state index contributed by atoms with van der Waals surface area (Å²) in [7, 11) is 0. The molecule has 0 bridgehead atoms. The number of aryl methyl sites for hydroxylation is 1. The van der Waals surface area contributed by atoms with Gasteiger partial charge in [0.2, 0.25) is 0 Å². The van der Waals surface area contributed by atoms with E-state index in [4.69, 9.17) is 9.84 Å². The number of nitrogens with zero attached hydrogens (tertiary/aromatic N) is 1. The Balaban J connectivity index is 1.75. The second kappa shape index (κ2) is 8.58. The van der Waals surface area contributed by atoms with Crippen LogP contribution in [0.25, 0.3) is 0 Å². The van der Waals surface area contributed by atoms with E-state index in [1.807, 2.05) is 24.3 Å². The quantitative estimate of drug-likeness (QED) is 0.610. The van der Waals surface area contributed by atoms with Crippen LogP contribution in [0.15, 0.2) is 53.6 Å². The maximum absolute atomic E-state index is 11.6.